The molecule has 6 rings (SSSR count). The SMILES string of the molecule is Cc1cc(/C=C/C=C/c2ccc(N(C)C)cc2)cc(C)[n+]1CCCCC1CCN(CC(=O)N2c3ccccc3NC(=O)c3ccccc32)CC1. The van der Waals surface area contributed by atoms with Crippen LogP contribution >= 0.6 is 0 Å². The maximum Gasteiger partial charge on any atom is 0.257 e. The number of fused-ring (bicyclic) bond motifs is 2. The molecule has 0 spiro atoms. The fourth-order valence-electron chi connectivity index (χ4n) is 7.25. The summed E-state index contributed by atoms with van der Waals surface area (Å²) >= 11 is 0. The maximum atomic E-state index is 13.8. The second-order valence-corrected chi connectivity index (χ2v) is 13.9. The van der Waals surface area contributed by atoms with Crippen LogP contribution in [0.1, 0.15) is 65.0 Å². The van der Waals surface area contributed by atoms with E-state index in [-0.39, 0.29) is 11.8 Å². The number of hydrogen-bond acceptors (Lipinski definition) is 4. The highest BCUT2D eigenvalue weighted by atomic mass is 16.2. The van der Waals surface area contributed by atoms with Crippen molar-refractivity contribution in [1.82, 2.24) is 4.90 Å². The third kappa shape index (κ3) is 8.40. The number of benzene rings is 3. The summed E-state index contributed by atoms with van der Waals surface area (Å²) in [6, 6.07) is 28.0. The number of aryl methyl sites for hydroxylation is 2. The Morgan fingerprint density at radius 2 is 1.48 bits per heavy atom. The summed E-state index contributed by atoms with van der Waals surface area (Å²) in [5.74, 6) is 0.497. The minimum Gasteiger partial charge on any atom is -0.378 e. The summed E-state index contributed by atoms with van der Waals surface area (Å²) in [5, 5.41) is 2.98. The normalized spacial score (nSPS) is 15.2. The molecule has 7 heteroatoms. The standard InChI is InChI=1S/C43H49N5O2/c1-32-29-36(15-6-5-13-34-20-22-37(23-21-34)45(3)4)30-33(2)47(32)26-12-11-14-35-24-27-46(28-25-35)31-42(49)48-40-18-9-7-16-38(40)43(50)44-39-17-8-10-19-41(39)48/h5-10,13,15-23,29-30,35H,11-12,14,24-28,31H2,1-4H3/p+1. The predicted octanol–water partition coefficient (Wildman–Crippen LogP) is 8.20. The number of para-hydroxylation sites is 3. The molecule has 2 amide bonds. The molecule has 0 atom stereocenters. The molecule has 3 aromatic carbocycles. The van der Waals surface area contributed by atoms with Crippen LogP contribution in [0.2, 0.25) is 0 Å². The fourth-order valence-corrected chi connectivity index (χ4v) is 7.25. The Labute approximate surface area is 297 Å². The van der Waals surface area contributed by atoms with E-state index in [0.717, 1.165) is 44.6 Å². The Balaban J connectivity index is 0.955. The molecule has 1 N–H and O–H groups in total. The van der Waals surface area contributed by atoms with Gasteiger partial charge in [0.15, 0.2) is 11.4 Å². The molecule has 2 aliphatic heterocycles. The predicted molar refractivity (Wildman–Crippen MR) is 206 cm³/mol. The van der Waals surface area contributed by atoms with Crippen LogP contribution in [0.3, 0.4) is 0 Å². The Hall–Kier alpha value is -5.01. The molecule has 0 saturated carbocycles. The van der Waals surface area contributed by atoms with Gasteiger partial charge >= 0.3 is 0 Å². The number of allylic oxidation sites excluding steroid dienone is 2. The number of likely N-dealkylation sites (tertiary alicyclic amines) is 1. The van der Waals surface area contributed by atoms with Crippen molar-refractivity contribution in [3.8, 4) is 0 Å². The number of piperidine rings is 1. The number of aromatic nitrogens is 1. The summed E-state index contributed by atoms with van der Waals surface area (Å²) in [6.07, 6.45) is 14.4. The lowest BCUT2D eigenvalue weighted by molar-refractivity contribution is -0.709. The molecule has 0 unspecified atom stereocenters. The van der Waals surface area contributed by atoms with Gasteiger partial charge in [-0.2, -0.15) is 0 Å². The van der Waals surface area contributed by atoms with Crippen molar-refractivity contribution in [2.24, 2.45) is 5.92 Å². The first kappa shape index (κ1) is 34.8. The highest BCUT2D eigenvalue weighted by Crippen LogP contribution is 2.38. The van der Waals surface area contributed by atoms with Crippen molar-refractivity contribution >= 4 is 46.7 Å². The van der Waals surface area contributed by atoms with E-state index < -0.39 is 0 Å². The van der Waals surface area contributed by atoms with Gasteiger partial charge in [-0.25, -0.2) is 4.57 Å². The number of rotatable bonds is 11. The molecule has 1 fully saturated rings. The van der Waals surface area contributed by atoms with E-state index in [1.165, 1.54) is 41.0 Å². The number of hydrogen-bond donors (Lipinski definition) is 1. The zero-order valence-corrected chi connectivity index (χ0v) is 29.9. The van der Waals surface area contributed by atoms with Crippen molar-refractivity contribution < 1.29 is 14.2 Å². The summed E-state index contributed by atoms with van der Waals surface area (Å²) in [7, 11) is 4.11. The number of carbonyl (C=O) groups excluding carboxylic acids is 2. The number of anilines is 4. The van der Waals surface area contributed by atoms with Gasteiger partial charge in [0.25, 0.3) is 5.91 Å². The summed E-state index contributed by atoms with van der Waals surface area (Å²) in [6.45, 7) is 7.63. The van der Waals surface area contributed by atoms with Crippen LogP contribution in [-0.4, -0.2) is 50.4 Å². The van der Waals surface area contributed by atoms with Crippen LogP contribution in [0.5, 0.6) is 0 Å². The number of nitrogens with one attached hydrogen (secondary N) is 1. The van der Waals surface area contributed by atoms with Crippen molar-refractivity contribution in [2.45, 2.75) is 52.5 Å². The smallest absolute Gasteiger partial charge is 0.257 e. The van der Waals surface area contributed by atoms with Crippen LogP contribution in [0.15, 0.2) is 97.1 Å². The van der Waals surface area contributed by atoms with Gasteiger partial charge in [0.05, 0.1) is 29.2 Å². The average Bonchev–Trinajstić information content (AvgIpc) is 3.24. The second kappa shape index (κ2) is 16.1. The minimum absolute atomic E-state index is 0.00779. The molecule has 1 aromatic heterocycles. The van der Waals surface area contributed by atoms with Crippen LogP contribution in [0.25, 0.3) is 12.2 Å². The summed E-state index contributed by atoms with van der Waals surface area (Å²) in [5.41, 5.74) is 8.73. The zero-order chi connectivity index (χ0) is 35.0. The monoisotopic (exact) mass is 668 g/mol. The Morgan fingerprint density at radius 3 is 2.18 bits per heavy atom. The van der Waals surface area contributed by atoms with Gasteiger partial charge in [-0.15, -0.1) is 0 Å². The molecule has 2 aliphatic rings. The van der Waals surface area contributed by atoms with Crippen LogP contribution in [0, 0.1) is 19.8 Å². The van der Waals surface area contributed by atoms with Crippen molar-refractivity contribution in [1.29, 1.82) is 0 Å². The molecule has 7 nitrogen and oxygen atoms in total. The van der Waals surface area contributed by atoms with E-state index >= 15 is 0 Å². The lowest BCUT2D eigenvalue weighted by atomic mass is 9.91. The molecular formula is C43H50N5O2+. The van der Waals surface area contributed by atoms with Gasteiger partial charge in [0.2, 0.25) is 5.91 Å². The first-order valence-corrected chi connectivity index (χ1v) is 17.9. The van der Waals surface area contributed by atoms with Gasteiger partial charge < -0.3 is 10.2 Å². The first-order chi connectivity index (χ1) is 24.3. The van der Waals surface area contributed by atoms with Crippen molar-refractivity contribution in [2.75, 3.05) is 48.8 Å². The second-order valence-electron chi connectivity index (χ2n) is 13.9. The van der Waals surface area contributed by atoms with Gasteiger partial charge in [-0.05, 0) is 85.8 Å². The number of unbranched alkanes of at least 4 members (excludes halogenated alkanes) is 1. The highest BCUT2D eigenvalue weighted by Gasteiger charge is 2.31. The van der Waals surface area contributed by atoms with Gasteiger partial charge in [0.1, 0.15) is 6.54 Å². The molecule has 1 saturated heterocycles. The Bertz CT molecular complexity index is 1850. The van der Waals surface area contributed by atoms with Crippen LogP contribution in [0.4, 0.5) is 22.7 Å². The highest BCUT2D eigenvalue weighted by molar-refractivity contribution is 6.17. The van der Waals surface area contributed by atoms with E-state index in [9.17, 15) is 9.59 Å². The molecule has 3 heterocycles. The molecule has 0 aliphatic carbocycles. The van der Waals surface area contributed by atoms with Gasteiger partial charge in [-0.1, -0.05) is 67.1 Å². The first-order valence-electron chi connectivity index (χ1n) is 17.9. The lowest BCUT2D eigenvalue weighted by Crippen LogP contribution is -2.42. The number of carbonyl (C=O) groups is 2. The van der Waals surface area contributed by atoms with Crippen LogP contribution in [-0.2, 0) is 11.3 Å². The average molecular weight is 669 g/mol. The van der Waals surface area contributed by atoms with E-state index in [2.05, 4.69) is 108 Å². The topological polar surface area (TPSA) is 59.8 Å². The van der Waals surface area contributed by atoms with Gasteiger partial charge in [-0.3, -0.25) is 19.4 Å². The van der Waals surface area contributed by atoms with E-state index in [0.29, 0.717) is 29.4 Å². The molecule has 4 aromatic rings. The van der Waals surface area contributed by atoms with E-state index in [1.54, 1.807) is 11.0 Å². The van der Waals surface area contributed by atoms with E-state index in [1.807, 2.05) is 42.5 Å². The van der Waals surface area contributed by atoms with Crippen molar-refractivity contribution in [3.05, 3.63) is 125 Å². The van der Waals surface area contributed by atoms with Crippen molar-refractivity contribution in [3.63, 3.8) is 0 Å². The quantitative estimate of drug-likeness (QED) is 0.0995. The van der Waals surface area contributed by atoms with Crippen LogP contribution < -0.4 is 19.7 Å². The fraction of sp³-hybridized carbons (Fsp3) is 0.326. The minimum atomic E-state index is -0.191. The third-order valence-electron chi connectivity index (χ3n) is 10.0. The molecular weight excluding hydrogens is 619 g/mol. The third-order valence-corrected chi connectivity index (χ3v) is 10.0. The van der Waals surface area contributed by atoms with Gasteiger partial charge in [0, 0.05) is 52.2 Å². The number of nitrogens with zero attached hydrogens (tertiary/aromatic N) is 4. The summed E-state index contributed by atoms with van der Waals surface area (Å²) in [4.78, 5) is 32.9. The maximum absolute atomic E-state index is 13.8. The largest absolute Gasteiger partial charge is 0.378 e. The molecule has 50 heavy (non-hydrogen) atoms. The Morgan fingerprint density at radius 1 is 0.840 bits per heavy atom. The summed E-state index contributed by atoms with van der Waals surface area (Å²) < 4.78 is 2.44. The Kier molecular flexibility index (Phi) is 11.2. The molecule has 258 valence electrons. The number of pyridine rings is 1. The lowest BCUT2D eigenvalue weighted by Gasteiger charge is -2.33. The number of amides is 2. The zero-order valence-electron chi connectivity index (χ0n) is 29.9. The molecule has 0 radical (unpaired) electrons. The van der Waals surface area contributed by atoms with E-state index in [4.69, 9.17) is 0 Å². The molecule has 0 bridgehead atoms.